The number of rotatable bonds is 3. The van der Waals surface area contributed by atoms with Crippen molar-refractivity contribution < 1.29 is 14.4 Å². The van der Waals surface area contributed by atoms with Crippen LogP contribution >= 0.6 is 0 Å². The van der Waals surface area contributed by atoms with Gasteiger partial charge in [-0.25, -0.2) is 0 Å². The summed E-state index contributed by atoms with van der Waals surface area (Å²) in [5.74, 6) is 0.822. The van der Waals surface area contributed by atoms with Gasteiger partial charge in [0, 0.05) is 7.11 Å². The van der Waals surface area contributed by atoms with Crippen molar-refractivity contribution in [2.45, 2.75) is 58.2 Å². The minimum Gasteiger partial charge on any atom is -0.384 e. The van der Waals surface area contributed by atoms with Crippen LogP contribution in [0.2, 0.25) is 0 Å². The van der Waals surface area contributed by atoms with Gasteiger partial charge in [-0.05, 0) is 38.0 Å². The first kappa shape index (κ1) is 13.5. The summed E-state index contributed by atoms with van der Waals surface area (Å²) in [6, 6.07) is 0. The van der Waals surface area contributed by atoms with Crippen molar-refractivity contribution >= 4 is 0 Å². The van der Waals surface area contributed by atoms with E-state index in [1.54, 1.807) is 14.0 Å². The molecule has 0 bridgehead atoms. The molecule has 1 aromatic rings. The Labute approximate surface area is 108 Å². The second-order valence-corrected chi connectivity index (χ2v) is 5.99. The number of hydrogen-bond donors (Lipinski definition) is 1. The summed E-state index contributed by atoms with van der Waals surface area (Å²) in [6.07, 6.45) is 3.17. The fraction of sp³-hybridized carbons (Fsp3) is 0.846. The van der Waals surface area contributed by atoms with E-state index in [2.05, 4.69) is 24.0 Å². The number of aliphatic hydroxyl groups excluding tert-OH is 1. The van der Waals surface area contributed by atoms with E-state index in [1.165, 1.54) is 0 Å². The second-order valence-electron chi connectivity index (χ2n) is 5.99. The van der Waals surface area contributed by atoms with Crippen LogP contribution in [-0.4, -0.2) is 22.4 Å². The van der Waals surface area contributed by atoms with Crippen LogP contribution in [0.15, 0.2) is 4.52 Å². The van der Waals surface area contributed by atoms with E-state index in [1.807, 2.05) is 0 Å². The Morgan fingerprint density at radius 2 is 1.89 bits per heavy atom. The molecule has 0 amide bonds. The van der Waals surface area contributed by atoms with Crippen LogP contribution in [0, 0.1) is 5.41 Å². The average Bonchev–Trinajstić information content (AvgIpc) is 2.80. The van der Waals surface area contributed by atoms with Gasteiger partial charge in [-0.2, -0.15) is 4.98 Å². The van der Waals surface area contributed by atoms with Crippen molar-refractivity contribution in [1.82, 2.24) is 10.1 Å². The molecule has 1 aliphatic rings. The maximum absolute atomic E-state index is 9.44. The predicted octanol–water partition coefficient (Wildman–Crippen LogP) is 2.56. The fourth-order valence-electron chi connectivity index (χ4n) is 2.44. The molecule has 0 radical (unpaired) electrons. The topological polar surface area (TPSA) is 68.4 Å². The molecule has 1 heterocycles. The third-order valence-corrected chi connectivity index (χ3v) is 4.01. The van der Waals surface area contributed by atoms with Crippen LogP contribution in [0.1, 0.15) is 64.3 Å². The fourth-order valence-corrected chi connectivity index (χ4v) is 2.44. The number of aromatic nitrogens is 2. The van der Waals surface area contributed by atoms with Crippen molar-refractivity contribution in [3.63, 3.8) is 0 Å². The lowest BCUT2D eigenvalue weighted by molar-refractivity contribution is -0.0740. The minimum absolute atomic E-state index is 0.256. The Morgan fingerprint density at radius 1 is 1.28 bits per heavy atom. The number of aliphatic hydroxyl groups is 1. The van der Waals surface area contributed by atoms with Crippen molar-refractivity contribution in [3.05, 3.63) is 11.7 Å². The summed E-state index contributed by atoms with van der Waals surface area (Å²) < 4.78 is 10.8. The summed E-state index contributed by atoms with van der Waals surface area (Å²) in [5, 5.41) is 13.4. The van der Waals surface area contributed by atoms with E-state index in [0.29, 0.717) is 11.2 Å². The number of methoxy groups -OCH3 is 1. The highest BCUT2D eigenvalue weighted by molar-refractivity contribution is 5.05. The predicted molar refractivity (Wildman–Crippen MR) is 65.9 cm³/mol. The van der Waals surface area contributed by atoms with Crippen LogP contribution in [0.4, 0.5) is 0 Å². The zero-order valence-electron chi connectivity index (χ0n) is 11.6. The van der Waals surface area contributed by atoms with Gasteiger partial charge in [0.2, 0.25) is 5.82 Å². The molecule has 18 heavy (non-hydrogen) atoms. The quantitative estimate of drug-likeness (QED) is 0.897. The van der Waals surface area contributed by atoms with Crippen LogP contribution in [0.25, 0.3) is 0 Å². The molecule has 5 heteroatoms. The Balaban J connectivity index is 2.22. The maximum Gasteiger partial charge on any atom is 0.255 e. The lowest BCUT2D eigenvalue weighted by Crippen LogP contribution is -2.37. The van der Waals surface area contributed by atoms with E-state index >= 15 is 0 Å². The molecule has 0 spiro atoms. The molecule has 102 valence electrons. The maximum atomic E-state index is 9.44. The SMILES string of the molecule is COC1(c2noc(C(C)O)n2)CCC(C)(C)CC1. The van der Waals surface area contributed by atoms with E-state index < -0.39 is 11.7 Å². The van der Waals surface area contributed by atoms with Gasteiger partial charge < -0.3 is 14.4 Å². The molecule has 1 aliphatic carbocycles. The van der Waals surface area contributed by atoms with E-state index in [-0.39, 0.29) is 5.89 Å². The molecule has 5 nitrogen and oxygen atoms in total. The summed E-state index contributed by atoms with van der Waals surface area (Å²) in [5.41, 5.74) is -0.106. The third-order valence-electron chi connectivity index (χ3n) is 4.01. The minimum atomic E-state index is -0.736. The van der Waals surface area contributed by atoms with E-state index in [9.17, 15) is 5.11 Å². The van der Waals surface area contributed by atoms with Crippen molar-refractivity contribution in [2.75, 3.05) is 7.11 Å². The van der Waals surface area contributed by atoms with Crippen LogP contribution in [-0.2, 0) is 10.3 Å². The second kappa shape index (κ2) is 4.63. The molecule has 0 aliphatic heterocycles. The molecular weight excluding hydrogens is 232 g/mol. The zero-order valence-corrected chi connectivity index (χ0v) is 11.6. The molecule has 1 fully saturated rings. The molecule has 1 N–H and O–H groups in total. The lowest BCUT2D eigenvalue weighted by atomic mass is 9.70. The zero-order chi connectivity index (χ0) is 13.4. The first-order valence-electron chi connectivity index (χ1n) is 6.46. The normalized spacial score (nSPS) is 23.8. The van der Waals surface area contributed by atoms with Gasteiger partial charge >= 0.3 is 0 Å². The first-order chi connectivity index (χ1) is 8.38. The molecule has 1 atom stereocenters. The van der Waals surface area contributed by atoms with Gasteiger partial charge in [0.15, 0.2) is 0 Å². The highest BCUT2D eigenvalue weighted by atomic mass is 16.5. The molecule has 1 saturated carbocycles. The van der Waals surface area contributed by atoms with Gasteiger partial charge in [-0.15, -0.1) is 0 Å². The highest BCUT2D eigenvalue weighted by Crippen LogP contribution is 2.46. The first-order valence-corrected chi connectivity index (χ1v) is 6.46. The number of hydrogen-bond acceptors (Lipinski definition) is 5. The summed E-state index contributed by atoms with van der Waals surface area (Å²) >= 11 is 0. The van der Waals surface area contributed by atoms with Gasteiger partial charge in [-0.3, -0.25) is 0 Å². The van der Waals surface area contributed by atoms with Crippen LogP contribution in [0.5, 0.6) is 0 Å². The molecular formula is C13H22N2O3. The summed E-state index contributed by atoms with van der Waals surface area (Å²) in [6.45, 7) is 6.15. The van der Waals surface area contributed by atoms with E-state index in [0.717, 1.165) is 25.7 Å². The van der Waals surface area contributed by atoms with Gasteiger partial charge in [-0.1, -0.05) is 19.0 Å². The molecule has 2 rings (SSSR count). The van der Waals surface area contributed by atoms with Gasteiger partial charge in [0.05, 0.1) is 0 Å². The molecule has 0 saturated heterocycles. The Bertz CT molecular complexity index is 402. The van der Waals surface area contributed by atoms with Crippen LogP contribution < -0.4 is 0 Å². The van der Waals surface area contributed by atoms with Gasteiger partial charge in [0.25, 0.3) is 5.89 Å². The van der Waals surface area contributed by atoms with Crippen molar-refractivity contribution in [3.8, 4) is 0 Å². The molecule has 1 aromatic heterocycles. The highest BCUT2D eigenvalue weighted by Gasteiger charge is 2.43. The third kappa shape index (κ3) is 2.42. The van der Waals surface area contributed by atoms with Gasteiger partial charge in [0.1, 0.15) is 11.7 Å². The molecule has 0 aromatic carbocycles. The average molecular weight is 254 g/mol. The van der Waals surface area contributed by atoms with Crippen LogP contribution in [0.3, 0.4) is 0 Å². The summed E-state index contributed by atoms with van der Waals surface area (Å²) in [4.78, 5) is 4.27. The Hall–Kier alpha value is -0.940. The molecule has 1 unspecified atom stereocenters. The largest absolute Gasteiger partial charge is 0.384 e. The van der Waals surface area contributed by atoms with E-state index in [4.69, 9.17) is 9.26 Å². The smallest absolute Gasteiger partial charge is 0.255 e. The van der Waals surface area contributed by atoms with Crippen molar-refractivity contribution in [2.24, 2.45) is 5.41 Å². The Morgan fingerprint density at radius 3 is 2.33 bits per heavy atom. The summed E-state index contributed by atoms with van der Waals surface area (Å²) in [7, 11) is 1.69. The Kier molecular flexibility index (Phi) is 3.47. The standard InChI is InChI=1S/C13H22N2O3/c1-9(16)10-14-11(15-18-10)13(17-4)7-5-12(2,3)6-8-13/h9,16H,5-8H2,1-4H3. The lowest BCUT2D eigenvalue weighted by Gasteiger charge is -2.40. The number of ether oxygens (including phenoxy) is 1. The number of nitrogens with zero attached hydrogens (tertiary/aromatic N) is 2. The monoisotopic (exact) mass is 254 g/mol. The van der Waals surface area contributed by atoms with Crippen molar-refractivity contribution in [1.29, 1.82) is 0 Å².